The maximum Gasteiger partial charge on any atom is 0.228 e. The molecule has 2 aromatic rings. The number of hydrogen-bond acceptors (Lipinski definition) is 4. The van der Waals surface area contributed by atoms with E-state index in [2.05, 4.69) is 36.2 Å². The smallest absolute Gasteiger partial charge is 0.228 e. The van der Waals surface area contributed by atoms with E-state index in [0.717, 1.165) is 41.3 Å². The van der Waals surface area contributed by atoms with Gasteiger partial charge in [-0.2, -0.15) is 0 Å². The average molecular weight is 368 g/mol. The fraction of sp³-hybridized carbons (Fsp3) is 0.409. The summed E-state index contributed by atoms with van der Waals surface area (Å²) in [6.07, 6.45) is 0.760. The summed E-state index contributed by atoms with van der Waals surface area (Å²) >= 11 is 0. The number of carbonyl (C=O) groups excluding carboxylic acids is 1. The Hall–Kier alpha value is -2.53. The lowest BCUT2D eigenvalue weighted by molar-refractivity contribution is -0.115. The zero-order chi connectivity index (χ0) is 19.4. The minimum absolute atomic E-state index is 0.0396. The number of carbonyl (C=O) groups is 1. The van der Waals surface area contributed by atoms with Crippen LogP contribution < -0.4 is 15.0 Å². The molecule has 1 saturated heterocycles. The first kappa shape index (κ1) is 19.2. The minimum Gasteiger partial charge on any atom is -0.496 e. The number of methoxy groups -OCH3 is 1. The summed E-state index contributed by atoms with van der Waals surface area (Å²) in [7, 11) is 1.64. The highest BCUT2D eigenvalue weighted by Crippen LogP contribution is 2.23. The van der Waals surface area contributed by atoms with Gasteiger partial charge in [0.2, 0.25) is 5.91 Å². The van der Waals surface area contributed by atoms with Crippen LogP contribution in [-0.2, 0) is 16.0 Å². The number of nitrogens with zero attached hydrogens (tertiary/aromatic N) is 1. The van der Waals surface area contributed by atoms with E-state index in [1.165, 1.54) is 0 Å². The number of morpholine rings is 1. The highest BCUT2D eigenvalue weighted by Gasteiger charge is 2.22. The molecule has 1 aliphatic rings. The molecule has 5 heteroatoms. The summed E-state index contributed by atoms with van der Waals surface area (Å²) in [4.78, 5) is 14.7. The summed E-state index contributed by atoms with van der Waals surface area (Å²) in [5.74, 6) is 0.765. The molecule has 0 aromatic heterocycles. The molecule has 144 valence electrons. The average Bonchev–Trinajstić information content (AvgIpc) is 2.63. The Balaban J connectivity index is 1.60. The highest BCUT2D eigenvalue weighted by molar-refractivity contribution is 5.92. The lowest BCUT2D eigenvalue weighted by Crippen LogP contribution is -2.45. The number of benzene rings is 2. The molecule has 0 spiro atoms. The molecule has 5 nitrogen and oxygen atoms in total. The van der Waals surface area contributed by atoms with Crippen LogP contribution in [0.25, 0.3) is 0 Å². The number of nitrogens with one attached hydrogen (secondary N) is 1. The van der Waals surface area contributed by atoms with Crippen LogP contribution in [0.5, 0.6) is 5.75 Å². The molecule has 2 atom stereocenters. The Morgan fingerprint density at radius 3 is 2.44 bits per heavy atom. The molecule has 2 unspecified atom stereocenters. The van der Waals surface area contributed by atoms with E-state index in [0.29, 0.717) is 6.42 Å². The van der Waals surface area contributed by atoms with Crippen LogP contribution in [0.4, 0.5) is 11.4 Å². The van der Waals surface area contributed by atoms with Crippen LogP contribution in [-0.4, -0.2) is 38.3 Å². The van der Waals surface area contributed by atoms with Crippen molar-refractivity contribution in [1.29, 1.82) is 0 Å². The van der Waals surface area contributed by atoms with Crippen LogP contribution >= 0.6 is 0 Å². The monoisotopic (exact) mass is 368 g/mol. The van der Waals surface area contributed by atoms with Gasteiger partial charge in [-0.25, -0.2) is 0 Å². The first-order valence-corrected chi connectivity index (χ1v) is 9.38. The second-order valence-corrected chi connectivity index (χ2v) is 7.24. The maximum atomic E-state index is 12.4. The number of aryl methyl sites for hydroxylation is 1. The second kappa shape index (κ2) is 8.44. The minimum atomic E-state index is -0.0396. The Bertz CT molecular complexity index is 779. The third kappa shape index (κ3) is 5.01. The Morgan fingerprint density at radius 1 is 1.15 bits per heavy atom. The third-order valence-electron chi connectivity index (χ3n) is 4.77. The summed E-state index contributed by atoms with van der Waals surface area (Å²) in [6.45, 7) is 7.94. The normalized spacial score (nSPS) is 19.6. The van der Waals surface area contributed by atoms with Crippen molar-refractivity contribution in [2.24, 2.45) is 0 Å². The van der Waals surface area contributed by atoms with Crippen LogP contribution in [0, 0.1) is 6.92 Å². The second-order valence-electron chi connectivity index (χ2n) is 7.24. The van der Waals surface area contributed by atoms with Crippen LogP contribution in [0.2, 0.25) is 0 Å². The van der Waals surface area contributed by atoms with Gasteiger partial charge in [0, 0.05) is 24.5 Å². The molecule has 0 bridgehead atoms. The number of ether oxygens (including phenoxy) is 2. The molecule has 27 heavy (non-hydrogen) atoms. The van der Waals surface area contributed by atoms with Crippen molar-refractivity contribution in [3.63, 3.8) is 0 Å². The van der Waals surface area contributed by atoms with E-state index in [1.807, 2.05) is 37.3 Å². The maximum absolute atomic E-state index is 12.4. The standard InChI is InChI=1S/C22H28N2O3/c1-15-5-6-18(11-21(15)26-4)12-22(25)23-19-7-9-20(10-8-19)24-13-16(2)27-17(3)14-24/h5-11,16-17H,12-14H2,1-4H3,(H,23,25). The zero-order valence-electron chi connectivity index (χ0n) is 16.5. The molecule has 3 rings (SSSR count). The topological polar surface area (TPSA) is 50.8 Å². The molecular weight excluding hydrogens is 340 g/mol. The molecule has 0 aliphatic carbocycles. The van der Waals surface area contributed by atoms with Gasteiger partial charge in [0.1, 0.15) is 5.75 Å². The number of rotatable bonds is 5. The third-order valence-corrected chi connectivity index (χ3v) is 4.77. The summed E-state index contributed by atoms with van der Waals surface area (Å²) in [5.41, 5.74) is 3.95. The Morgan fingerprint density at radius 2 is 1.81 bits per heavy atom. The lowest BCUT2D eigenvalue weighted by atomic mass is 10.1. The van der Waals surface area contributed by atoms with Gasteiger partial charge in [0.05, 0.1) is 25.7 Å². The van der Waals surface area contributed by atoms with E-state index >= 15 is 0 Å². The van der Waals surface area contributed by atoms with Crippen molar-refractivity contribution >= 4 is 17.3 Å². The van der Waals surface area contributed by atoms with Crippen molar-refractivity contribution in [1.82, 2.24) is 0 Å². The van der Waals surface area contributed by atoms with Crippen LogP contribution in [0.1, 0.15) is 25.0 Å². The molecule has 0 radical (unpaired) electrons. The quantitative estimate of drug-likeness (QED) is 0.872. The molecule has 1 fully saturated rings. The Kier molecular flexibility index (Phi) is 6.01. The van der Waals surface area contributed by atoms with E-state index in [1.54, 1.807) is 7.11 Å². The Labute approximate surface area is 161 Å². The van der Waals surface area contributed by atoms with E-state index in [4.69, 9.17) is 9.47 Å². The zero-order valence-corrected chi connectivity index (χ0v) is 16.5. The van der Waals surface area contributed by atoms with Gasteiger partial charge in [0.15, 0.2) is 0 Å². The first-order valence-electron chi connectivity index (χ1n) is 9.38. The van der Waals surface area contributed by atoms with Gasteiger partial charge in [-0.3, -0.25) is 4.79 Å². The van der Waals surface area contributed by atoms with Crippen molar-refractivity contribution in [3.05, 3.63) is 53.6 Å². The van der Waals surface area contributed by atoms with Gasteiger partial charge in [0.25, 0.3) is 0 Å². The number of anilines is 2. The molecular formula is C22H28N2O3. The number of amides is 1. The molecule has 1 heterocycles. The fourth-order valence-corrected chi connectivity index (χ4v) is 3.51. The van der Waals surface area contributed by atoms with Crippen molar-refractivity contribution < 1.29 is 14.3 Å². The van der Waals surface area contributed by atoms with E-state index < -0.39 is 0 Å². The number of hydrogen-bond donors (Lipinski definition) is 1. The van der Waals surface area contributed by atoms with Gasteiger partial charge in [-0.1, -0.05) is 12.1 Å². The lowest BCUT2D eigenvalue weighted by Gasteiger charge is -2.36. The predicted molar refractivity (Wildman–Crippen MR) is 109 cm³/mol. The van der Waals surface area contributed by atoms with Crippen LogP contribution in [0.3, 0.4) is 0 Å². The molecule has 1 aliphatic heterocycles. The molecule has 1 amide bonds. The van der Waals surface area contributed by atoms with Crippen molar-refractivity contribution in [3.8, 4) is 5.75 Å². The fourth-order valence-electron chi connectivity index (χ4n) is 3.51. The van der Waals surface area contributed by atoms with E-state index in [9.17, 15) is 4.79 Å². The molecule has 0 saturated carbocycles. The van der Waals surface area contributed by atoms with Gasteiger partial charge in [-0.15, -0.1) is 0 Å². The van der Waals surface area contributed by atoms with Crippen molar-refractivity contribution in [2.45, 2.75) is 39.4 Å². The molecule has 1 N–H and O–H groups in total. The highest BCUT2D eigenvalue weighted by atomic mass is 16.5. The van der Waals surface area contributed by atoms with Gasteiger partial charge in [-0.05, 0) is 62.2 Å². The largest absolute Gasteiger partial charge is 0.496 e. The SMILES string of the molecule is COc1cc(CC(=O)Nc2ccc(N3CC(C)OC(C)C3)cc2)ccc1C. The van der Waals surface area contributed by atoms with Crippen molar-refractivity contribution in [2.75, 3.05) is 30.4 Å². The summed E-state index contributed by atoms with van der Waals surface area (Å²) in [6, 6.07) is 13.9. The van der Waals surface area contributed by atoms with E-state index in [-0.39, 0.29) is 18.1 Å². The molecule has 2 aromatic carbocycles. The first-order chi connectivity index (χ1) is 12.9. The summed E-state index contributed by atoms with van der Waals surface area (Å²) in [5, 5.41) is 2.97. The summed E-state index contributed by atoms with van der Waals surface area (Å²) < 4.78 is 11.1. The van der Waals surface area contributed by atoms with Gasteiger partial charge < -0.3 is 19.7 Å². The van der Waals surface area contributed by atoms with Crippen LogP contribution in [0.15, 0.2) is 42.5 Å². The van der Waals surface area contributed by atoms with Gasteiger partial charge >= 0.3 is 0 Å². The predicted octanol–water partition coefficient (Wildman–Crippen LogP) is 3.80.